The summed E-state index contributed by atoms with van der Waals surface area (Å²) in [7, 11) is -3.11. The van der Waals surface area contributed by atoms with Crippen LogP contribution in [-0.4, -0.2) is 57.8 Å². The van der Waals surface area contributed by atoms with E-state index in [0.29, 0.717) is 5.75 Å². The summed E-state index contributed by atoms with van der Waals surface area (Å²) in [5.74, 6) is -1.81. The number of alkyl carbamates (subject to hydrolysis) is 1. The Morgan fingerprint density at radius 1 is 0.951 bits per heavy atom. The molecule has 4 atom stereocenters. The van der Waals surface area contributed by atoms with Gasteiger partial charge >= 0.3 is 249 Å². The molecule has 0 heterocycles. The number of hydrogen-bond donors (Lipinski definition) is 3. The molecule has 0 spiro atoms. The zero-order valence-corrected chi connectivity index (χ0v) is 26.8. The Morgan fingerprint density at radius 3 is 1.95 bits per heavy atom. The van der Waals surface area contributed by atoms with Crippen molar-refractivity contribution in [2.45, 2.75) is 84.5 Å². The van der Waals surface area contributed by atoms with Gasteiger partial charge in [-0.2, -0.15) is 0 Å². The average molecular weight is 614 g/mol. The second-order valence-corrected chi connectivity index (χ2v) is 14.1. The molecule has 0 bridgehead atoms. The molecule has 1 amide bonds. The van der Waals surface area contributed by atoms with Crippen molar-refractivity contribution in [3.05, 3.63) is 66.2 Å². The van der Waals surface area contributed by atoms with Crippen molar-refractivity contribution in [3.63, 3.8) is 0 Å². The number of nitrogens with one attached hydrogen (secondary N) is 1. The van der Waals surface area contributed by atoms with Crippen LogP contribution in [0.5, 0.6) is 5.75 Å². The molecular formula is C29H44NO9PS. The summed E-state index contributed by atoms with van der Waals surface area (Å²) in [4.78, 5) is 24.9. The van der Waals surface area contributed by atoms with Gasteiger partial charge in [0.2, 0.25) is 0 Å². The average Bonchev–Trinajstić information content (AvgIpc) is 2.87. The van der Waals surface area contributed by atoms with Crippen LogP contribution in [0.4, 0.5) is 4.79 Å². The molecule has 0 aliphatic carbocycles. The molecule has 0 aliphatic heterocycles. The molecular weight excluding hydrogens is 569 g/mol. The summed E-state index contributed by atoms with van der Waals surface area (Å²) in [5, 5.41) is 13.1. The molecule has 230 valence electrons. The molecule has 2 aromatic rings. The van der Waals surface area contributed by atoms with Crippen LogP contribution in [0.3, 0.4) is 0 Å². The van der Waals surface area contributed by atoms with Gasteiger partial charge in [-0.1, -0.05) is 0 Å². The number of carbonyl (C=O) groups excluding carboxylic acids is 1. The molecule has 0 aliphatic rings. The first-order valence-corrected chi connectivity index (χ1v) is 15.5. The molecule has 12 heteroatoms. The Morgan fingerprint density at radius 2 is 1.46 bits per heavy atom. The normalized spacial score (nSPS) is 15.7. The molecule has 0 saturated heterocycles. The number of methoxy groups -OCH3 is 1. The van der Waals surface area contributed by atoms with Gasteiger partial charge in [0.1, 0.15) is 0 Å². The van der Waals surface area contributed by atoms with Crippen LogP contribution in [0.25, 0.3) is 0 Å². The number of rotatable bonds is 12. The van der Waals surface area contributed by atoms with E-state index in [-0.39, 0.29) is 11.8 Å². The van der Waals surface area contributed by atoms with Gasteiger partial charge < -0.3 is 0 Å². The van der Waals surface area contributed by atoms with Crippen molar-refractivity contribution < 1.29 is 42.8 Å². The van der Waals surface area contributed by atoms with Gasteiger partial charge in [-0.25, -0.2) is 0 Å². The Bertz CT molecular complexity index is 1080. The number of para-hydroxylation sites is 1. The molecule has 0 radical (unpaired) electrons. The number of aliphatic hydroxyl groups excluding tert-OH is 1. The van der Waals surface area contributed by atoms with E-state index in [9.17, 15) is 14.8 Å². The van der Waals surface area contributed by atoms with Crippen LogP contribution in [0.1, 0.15) is 54.0 Å². The third kappa shape index (κ3) is 12.2. The topological polar surface area (TPSA) is 125 Å². The van der Waals surface area contributed by atoms with Gasteiger partial charge in [0.05, 0.1) is 0 Å². The summed E-state index contributed by atoms with van der Waals surface area (Å²) in [6.07, 6.45) is -2.34. The molecule has 0 saturated carbocycles. The van der Waals surface area contributed by atoms with Crippen LogP contribution in [-0.2, 0) is 29.9 Å². The molecule has 2 aromatic carbocycles. The van der Waals surface area contributed by atoms with E-state index in [4.69, 9.17) is 40.2 Å². The van der Waals surface area contributed by atoms with E-state index in [1.165, 1.54) is 7.11 Å². The summed E-state index contributed by atoms with van der Waals surface area (Å²) in [6.45, 7) is 12.2. The number of amides is 1. The fourth-order valence-corrected chi connectivity index (χ4v) is 7.38. The SMILES string of the molecule is COC(O)[C@@H](NC(=O)OCc1ccccc1)C(C)C(OC(=S)Oc1ccccc1)[PH](O)(OC(C)(C)C)OC(C)(C)C. The van der Waals surface area contributed by atoms with Crippen molar-refractivity contribution in [1.82, 2.24) is 5.32 Å². The predicted molar refractivity (Wildman–Crippen MR) is 162 cm³/mol. The van der Waals surface area contributed by atoms with Crippen LogP contribution < -0.4 is 10.1 Å². The van der Waals surface area contributed by atoms with Crippen molar-refractivity contribution in [2.24, 2.45) is 5.92 Å². The predicted octanol–water partition coefficient (Wildman–Crippen LogP) is 5.71. The quantitative estimate of drug-likeness (QED) is 0.156. The summed E-state index contributed by atoms with van der Waals surface area (Å²) < 4.78 is 34.7. The van der Waals surface area contributed by atoms with Crippen molar-refractivity contribution >= 4 is 31.5 Å². The van der Waals surface area contributed by atoms with Crippen molar-refractivity contribution in [2.75, 3.05) is 7.11 Å². The van der Waals surface area contributed by atoms with Gasteiger partial charge in [-0.3, -0.25) is 0 Å². The maximum absolute atomic E-state index is 12.8. The summed E-state index contributed by atoms with van der Waals surface area (Å²) in [6, 6.07) is 16.7. The zero-order chi connectivity index (χ0) is 30.8. The van der Waals surface area contributed by atoms with Gasteiger partial charge in [0, 0.05) is 0 Å². The van der Waals surface area contributed by atoms with Crippen LogP contribution in [0.2, 0.25) is 0 Å². The third-order valence-electron chi connectivity index (χ3n) is 5.52. The number of aliphatic hydroxyl groups is 1. The van der Waals surface area contributed by atoms with Crippen LogP contribution >= 0.6 is 20.2 Å². The van der Waals surface area contributed by atoms with E-state index < -0.39 is 49.3 Å². The molecule has 3 N–H and O–H groups in total. The Hall–Kier alpha value is -2.37. The first-order chi connectivity index (χ1) is 19.0. The second kappa shape index (κ2) is 15.2. The second-order valence-electron chi connectivity index (χ2n) is 11.5. The van der Waals surface area contributed by atoms with Gasteiger partial charge in [-0.15, -0.1) is 0 Å². The van der Waals surface area contributed by atoms with Gasteiger partial charge in [0.25, 0.3) is 0 Å². The standard InChI is InChI=1S/C29H44NO9PS/c1-20(23(24(31)34-8)30-26(32)35-19-21-15-11-9-12-16-21)25(37-27(41)36-22-17-13-10-14-18-22)40(33,38-28(2,3)4)39-29(5,6)7/h9-18,20,23-25,31,33,40H,19H2,1-8H3,(H,30,32)/t20?,23-,24?,25?/m0/s1. The number of ether oxygens (including phenoxy) is 4. The minimum atomic E-state index is -4.38. The van der Waals surface area contributed by atoms with E-state index in [2.05, 4.69) is 5.32 Å². The monoisotopic (exact) mass is 613 g/mol. The van der Waals surface area contributed by atoms with Crippen molar-refractivity contribution in [1.29, 1.82) is 0 Å². The fourth-order valence-electron chi connectivity index (χ4n) is 3.94. The van der Waals surface area contributed by atoms with E-state index in [0.717, 1.165) is 5.56 Å². The number of carbonyl (C=O) groups is 1. The Kier molecular flexibility index (Phi) is 12.9. The molecule has 0 fully saturated rings. The molecule has 3 unspecified atom stereocenters. The Balaban J connectivity index is 2.43. The third-order valence-corrected chi connectivity index (χ3v) is 8.87. The summed E-state index contributed by atoms with van der Waals surface area (Å²) >= 11 is 5.40. The number of thiocarbonyl (C=S) groups is 1. The van der Waals surface area contributed by atoms with Crippen LogP contribution in [0, 0.1) is 5.92 Å². The number of benzene rings is 2. The zero-order valence-electron chi connectivity index (χ0n) is 25.0. The number of hydrogen-bond acceptors (Lipinski definition) is 10. The maximum atomic E-state index is 12.8. The first-order valence-electron chi connectivity index (χ1n) is 13.3. The van der Waals surface area contributed by atoms with Crippen LogP contribution in [0.15, 0.2) is 60.7 Å². The first kappa shape index (κ1) is 34.8. The Labute approximate surface area is 248 Å². The minimum absolute atomic E-state index is 0.00470. The summed E-state index contributed by atoms with van der Waals surface area (Å²) in [5.41, 5.74) is -0.956. The van der Waals surface area contributed by atoms with E-state index in [1.54, 1.807) is 72.7 Å². The fraction of sp³-hybridized carbons (Fsp3) is 0.517. The molecule has 10 nitrogen and oxygen atoms in total. The van der Waals surface area contributed by atoms with Gasteiger partial charge in [-0.05, 0) is 0 Å². The van der Waals surface area contributed by atoms with Crippen molar-refractivity contribution in [3.8, 4) is 5.75 Å². The van der Waals surface area contributed by atoms with Gasteiger partial charge in [0.15, 0.2) is 0 Å². The molecule has 0 aromatic heterocycles. The molecule has 41 heavy (non-hydrogen) atoms. The van der Waals surface area contributed by atoms with E-state index in [1.807, 2.05) is 36.4 Å². The van der Waals surface area contributed by atoms with E-state index >= 15 is 0 Å². The molecule has 2 rings (SSSR count).